The van der Waals surface area contributed by atoms with E-state index in [0.29, 0.717) is 0 Å². The number of methoxy groups -OCH3 is 1. The van der Waals surface area contributed by atoms with Gasteiger partial charge in [0, 0.05) is 0 Å². The second kappa shape index (κ2) is 5.55. The molecule has 0 radical (unpaired) electrons. The van der Waals surface area contributed by atoms with Crippen LogP contribution in [0.4, 0.5) is 0 Å². The van der Waals surface area contributed by atoms with Crippen molar-refractivity contribution < 1.29 is 9.47 Å². The SMILES string of the molecule is COc1cccc([As]2c3ccccc3Oc3ccccc32)c1. The fraction of sp³-hybridized carbons (Fsp3) is 0.0526. The van der Waals surface area contributed by atoms with Gasteiger partial charge in [0.2, 0.25) is 0 Å². The molecule has 0 unspecified atom stereocenters. The Morgan fingerprint density at radius 2 is 1.41 bits per heavy atom. The summed E-state index contributed by atoms with van der Waals surface area (Å²) in [4.78, 5) is 0. The van der Waals surface area contributed by atoms with Gasteiger partial charge in [-0.1, -0.05) is 0 Å². The molecule has 0 bridgehead atoms. The van der Waals surface area contributed by atoms with E-state index < -0.39 is 14.7 Å². The van der Waals surface area contributed by atoms with Crippen molar-refractivity contribution >= 4 is 27.7 Å². The van der Waals surface area contributed by atoms with Gasteiger partial charge in [-0.25, -0.2) is 0 Å². The second-order valence-corrected chi connectivity index (χ2v) is 9.59. The van der Waals surface area contributed by atoms with Crippen LogP contribution in [0.15, 0.2) is 72.8 Å². The molecule has 108 valence electrons. The first-order valence-corrected chi connectivity index (χ1v) is 9.98. The third kappa shape index (κ3) is 2.20. The average Bonchev–Trinajstić information content (AvgIpc) is 2.59. The number of para-hydroxylation sites is 2. The Balaban J connectivity index is 1.94. The number of rotatable bonds is 2. The third-order valence-corrected chi connectivity index (χ3v) is 8.98. The summed E-state index contributed by atoms with van der Waals surface area (Å²) < 4.78 is 15.5. The van der Waals surface area contributed by atoms with Gasteiger partial charge in [0.25, 0.3) is 0 Å². The summed E-state index contributed by atoms with van der Waals surface area (Å²) in [5, 5.41) is 0. The van der Waals surface area contributed by atoms with E-state index in [1.807, 2.05) is 18.2 Å². The Kier molecular flexibility index (Phi) is 3.40. The summed E-state index contributed by atoms with van der Waals surface area (Å²) in [5.74, 6) is 2.89. The van der Waals surface area contributed by atoms with Crippen molar-refractivity contribution in [2.75, 3.05) is 7.11 Å². The van der Waals surface area contributed by atoms with Crippen molar-refractivity contribution in [3.63, 3.8) is 0 Å². The molecule has 0 aromatic heterocycles. The monoisotopic (exact) mass is 350 g/mol. The van der Waals surface area contributed by atoms with Gasteiger partial charge in [-0.05, 0) is 0 Å². The van der Waals surface area contributed by atoms with Crippen molar-refractivity contribution in [2.45, 2.75) is 0 Å². The second-order valence-electron chi connectivity index (χ2n) is 5.07. The number of hydrogen-bond acceptors (Lipinski definition) is 2. The maximum atomic E-state index is 6.09. The topological polar surface area (TPSA) is 18.5 Å². The Morgan fingerprint density at radius 1 is 0.773 bits per heavy atom. The van der Waals surface area contributed by atoms with Crippen molar-refractivity contribution in [1.82, 2.24) is 0 Å². The number of hydrogen-bond donors (Lipinski definition) is 0. The fourth-order valence-corrected chi connectivity index (χ4v) is 7.89. The van der Waals surface area contributed by atoms with E-state index in [0.717, 1.165) is 17.2 Å². The molecule has 3 heteroatoms. The Hall–Kier alpha value is -2.18. The molecule has 3 aromatic rings. The molecule has 0 saturated heterocycles. The summed E-state index contributed by atoms with van der Waals surface area (Å²) in [5.41, 5.74) is 0. The number of fused-ring (bicyclic) bond motifs is 2. The minimum absolute atomic E-state index is 0.910. The zero-order valence-electron chi connectivity index (χ0n) is 12.2. The van der Waals surface area contributed by atoms with E-state index in [-0.39, 0.29) is 0 Å². The van der Waals surface area contributed by atoms with Crippen LogP contribution in [0.3, 0.4) is 0 Å². The van der Waals surface area contributed by atoms with Crippen molar-refractivity contribution in [2.24, 2.45) is 0 Å². The molecular formula is C19H15AsO2. The quantitative estimate of drug-likeness (QED) is 0.517. The van der Waals surface area contributed by atoms with Crippen molar-refractivity contribution in [3.8, 4) is 17.2 Å². The van der Waals surface area contributed by atoms with E-state index in [2.05, 4.69) is 54.6 Å². The van der Waals surface area contributed by atoms with Gasteiger partial charge < -0.3 is 0 Å². The van der Waals surface area contributed by atoms with Crippen LogP contribution in [0.2, 0.25) is 0 Å². The Morgan fingerprint density at radius 3 is 2.05 bits per heavy atom. The molecule has 1 aliphatic rings. The molecular weight excluding hydrogens is 335 g/mol. The molecule has 2 nitrogen and oxygen atoms in total. The van der Waals surface area contributed by atoms with E-state index >= 15 is 0 Å². The normalized spacial score (nSPS) is 13.0. The van der Waals surface area contributed by atoms with Gasteiger partial charge in [-0.3, -0.25) is 0 Å². The van der Waals surface area contributed by atoms with Crippen LogP contribution in [0.5, 0.6) is 17.2 Å². The predicted octanol–water partition coefficient (Wildman–Crippen LogP) is 2.32. The molecule has 0 atom stereocenters. The first kappa shape index (κ1) is 13.5. The van der Waals surface area contributed by atoms with Crippen LogP contribution in [-0.4, -0.2) is 21.8 Å². The van der Waals surface area contributed by atoms with Gasteiger partial charge in [-0.15, -0.1) is 0 Å². The summed E-state index contributed by atoms with van der Waals surface area (Å²) in [7, 11) is 1.72. The van der Waals surface area contributed by atoms with Gasteiger partial charge in [0.15, 0.2) is 0 Å². The fourth-order valence-electron chi connectivity index (χ4n) is 2.73. The summed E-state index contributed by atoms with van der Waals surface area (Å²) in [6, 6.07) is 25.2. The molecule has 22 heavy (non-hydrogen) atoms. The van der Waals surface area contributed by atoms with Crippen LogP contribution < -0.4 is 22.5 Å². The van der Waals surface area contributed by atoms with Gasteiger partial charge in [0.1, 0.15) is 0 Å². The average molecular weight is 350 g/mol. The van der Waals surface area contributed by atoms with Crippen LogP contribution in [-0.2, 0) is 0 Å². The molecule has 0 aliphatic carbocycles. The van der Waals surface area contributed by atoms with Gasteiger partial charge >= 0.3 is 134 Å². The number of ether oxygens (including phenoxy) is 2. The first-order chi connectivity index (χ1) is 10.9. The summed E-state index contributed by atoms with van der Waals surface area (Å²) in [6.45, 7) is 0. The standard InChI is InChI=1S/C19H15AsO2/c1-21-15-8-6-7-14(13-15)20-16-9-2-4-11-18(16)22-19-12-5-3-10-17(19)20/h2-13H,1H3. The van der Waals surface area contributed by atoms with E-state index in [9.17, 15) is 0 Å². The Labute approximate surface area is 134 Å². The summed E-state index contributed by atoms with van der Waals surface area (Å²) >= 11 is -1.61. The van der Waals surface area contributed by atoms with Crippen LogP contribution in [0.1, 0.15) is 0 Å². The van der Waals surface area contributed by atoms with E-state index in [1.54, 1.807) is 7.11 Å². The molecule has 1 aliphatic heterocycles. The predicted molar refractivity (Wildman–Crippen MR) is 90.6 cm³/mol. The van der Waals surface area contributed by atoms with Crippen molar-refractivity contribution in [3.05, 3.63) is 72.8 Å². The summed E-state index contributed by atoms with van der Waals surface area (Å²) in [6.07, 6.45) is 0. The van der Waals surface area contributed by atoms with Crippen LogP contribution in [0, 0.1) is 0 Å². The zero-order valence-corrected chi connectivity index (χ0v) is 14.1. The maximum absolute atomic E-state index is 6.09. The molecule has 1 heterocycles. The molecule has 3 aromatic carbocycles. The first-order valence-electron chi connectivity index (χ1n) is 7.17. The minimum atomic E-state index is -1.61. The molecule has 0 fully saturated rings. The molecule has 0 spiro atoms. The Bertz CT molecular complexity index is 783. The molecule has 0 N–H and O–H groups in total. The van der Waals surface area contributed by atoms with Crippen molar-refractivity contribution in [1.29, 1.82) is 0 Å². The zero-order chi connectivity index (χ0) is 14.9. The van der Waals surface area contributed by atoms with Gasteiger partial charge in [0.05, 0.1) is 0 Å². The van der Waals surface area contributed by atoms with Gasteiger partial charge in [-0.2, -0.15) is 0 Å². The van der Waals surface area contributed by atoms with Crippen LogP contribution >= 0.6 is 0 Å². The molecule has 0 saturated carbocycles. The number of benzene rings is 3. The molecule has 0 amide bonds. The van der Waals surface area contributed by atoms with E-state index in [4.69, 9.17) is 9.47 Å². The third-order valence-electron chi connectivity index (χ3n) is 3.74. The van der Waals surface area contributed by atoms with Crippen LogP contribution in [0.25, 0.3) is 0 Å². The molecule has 4 rings (SSSR count). The van der Waals surface area contributed by atoms with E-state index in [1.165, 1.54) is 13.1 Å².